The van der Waals surface area contributed by atoms with E-state index in [4.69, 9.17) is 11.1 Å². The minimum Gasteiger partial charge on any atom is -0.384 e. The van der Waals surface area contributed by atoms with Crippen molar-refractivity contribution in [2.45, 2.75) is 19.0 Å². The first kappa shape index (κ1) is 15.2. The average Bonchev–Trinajstić information content (AvgIpc) is 2.37. The molecule has 7 heteroatoms. The minimum atomic E-state index is -4.12. The van der Waals surface area contributed by atoms with E-state index in [-0.39, 0.29) is 18.7 Å². The van der Waals surface area contributed by atoms with Gasteiger partial charge in [-0.25, -0.2) is 0 Å². The summed E-state index contributed by atoms with van der Waals surface area (Å²) in [5.74, 6) is -1.31. The molecule has 0 aromatic heterocycles. The summed E-state index contributed by atoms with van der Waals surface area (Å²) in [5.41, 5.74) is 6.81. The summed E-state index contributed by atoms with van der Waals surface area (Å²) < 4.78 is 38.7. The molecule has 0 bridgehead atoms. The van der Waals surface area contributed by atoms with Gasteiger partial charge in [0.05, 0.1) is 5.92 Å². The molecular formula is C13H15BrF3N3. The number of piperidine rings is 1. The standard InChI is InChI=1S/C13H15BrF3N3/c14-9-1-2-11(10(7-9)12(18)19)20-5-3-8(4-6-20)13(15,16)17/h1-2,7-8H,3-6H2,(H3,18,19). The Balaban J connectivity index is 2.17. The Morgan fingerprint density at radius 2 is 1.90 bits per heavy atom. The Labute approximate surface area is 123 Å². The zero-order valence-corrected chi connectivity index (χ0v) is 12.3. The lowest BCUT2D eigenvalue weighted by atomic mass is 9.95. The lowest BCUT2D eigenvalue weighted by Crippen LogP contribution is -2.39. The highest BCUT2D eigenvalue weighted by Crippen LogP contribution is 2.36. The number of halogens is 4. The number of benzene rings is 1. The third kappa shape index (κ3) is 3.26. The van der Waals surface area contributed by atoms with Gasteiger partial charge < -0.3 is 10.6 Å². The van der Waals surface area contributed by atoms with Crippen LogP contribution in [0, 0.1) is 11.3 Å². The zero-order valence-electron chi connectivity index (χ0n) is 10.7. The highest BCUT2D eigenvalue weighted by atomic mass is 79.9. The molecule has 0 saturated carbocycles. The van der Waals surface area contributed by atoms with Gasteiger partial charge in [0.25, 0.3) is 0 Å². The Morgan fingerprint density at radius 3 is 2.40 bits per heavy atom. The van der Waals surface area contributed by atoms with Gasteiger partial charge in [0.15, 0.2) is 0 Å². The number of nitrogens with one attached hydrogen (secondary N) is 1. The molecule has 0 radical (unpaired) electrons. The molecule has 0 aliphatic carbocycles. The number of alkyl halides is 3. The van der Waals surface area contributed by atoms with Crippen LogP contribution in [0.4, 0.5) is 18.9 Å². The van der Waals surface area contributed by atoms with E-state index in [0.29, 0.717) is 18.7 Å². The summed E-state index contributed by atoms with van der Waals surface area (Å²) in [6, 6.07) is 5.31. The van der Waals surface area contributed by atoms with Gasteiger partial charge >= 0.3 is 6.18 Å². The molecule has 1 aliphatic rings. The summed E-state index contributed by atoms with van der Waals surface area (Å²) in [6.07, 6.45) is -3.96. The summed E-state index contributed by atoms with van der Waals surface area (Å²) in [5, 5.41) is 7.58. The monoisotopic (exact) mass is 349 g/mol. The topological polar surface area (TPSA) is 53.1 Å². The maximum Gasteiger partial charge on any atom is 0.391 e. The van der Waals surface area contributed by atoms with Gasteiger partial charge in [-0.15, -0.1) is 0 Å². The summed E-state index contributed by atoms with van der Waals surface area (Å²) in [7, 11) is 0. The Bertz CT molecular complexity index is 508. The van der Waals surface area contributed by atoms with E-state index in [0.717, 1.165) is 10.2 Å². The number of nitrogens with zero attached hydrogens (tertiary/aromatic N) is 1. The van der Waals surface area contributed by atoms with Gasteiger partial charge in [0.2, 0.25) is 0 Å². The largest absolute Gasteiger partial charge is 0.391 e. The molecule has 0 atom stereocenters. The van der Waals surface area contributed by atoms with Gasteiger partial charge in [0.1, 0.15) is 5.84 Å². The van der Waals surface area contributed by atoms with Crippen LogP contribution in [-0.4, -0.2) is 25.1 Å². The summed E-state index contributed by atoms with van der Waals surface area (Å²) in [6.45, 7) is 0.651. The van der Waals surface area contributed by atoms with Crippen molar-refractivity contribution in [1.82, 2.24) is 0 Å². The van der Waals surface area contributed by atoms with Crippen LogP contribution in [0.5, 0.6) is 0 Å². The molecule has 0 amide bonds. The molecule has 1 aromatic rings. The second-order valence-electron chi connectivity index (χ2n) is 4.88. The highest BCUT2D eigenvalue weighted by Gasteiger charge is 2.41. The van der Waals surface area contributed by atoms with Gasteiger partial charge in [0, 0.05) is 28.8 Å². The molecule has 3 N–H and O–H groups in total. The number of nitrogen functional groups attached to an aromatic ring is 1. The Kier molecular flexibility index (Phi) is 4.27. The van der Waals surface area contributed by atoms with Crippen LogP contribution in [-0.2, 0) is 0 Å². The molecule has 1 aliphatic heterocycles. The lowest BCUT2D eigenvalue weighted by Gasteiger charge is -2.35. The number of nitrogens with two attached hydrogens (primary N) is 1. The van der Waals surface area contributed by atoms with Crippen LogP contribution in [0.3, 0.4) is 0 Å². The molecule has 0 spiro atoms. The SMILES string of the molecule is N=C(N)c1cc(Br)ccc1N1CCC(C(F)(F)F)CC1. The molecule has 1 saturated heterocycles. The second kappa shape index (κ2) is 5.63. The molecule has 110 valence electrons. The van der Waals surface area contributed by atoms with E-state index >= 15 is 0 Å². The van der Waals surface area contributed by atoms with Crippen molar-refractivity contribution in [1.29, 1.82) is 5.41 Å². The molecule has 1 aromatic carbocycles. The van der Waals surface area contributed by atoms with Crippen molar-refractivity contribution >= 4 is 27.5 Å². The van der Waals surface area contributed by atoms with Crippen molar-refractivity contribution in [3.8, 4) is 0 Å². The normalized spacial score (nSPS) is 17.3. The molecule has 1 fully saturated rings. The van der Waals surface area contributed by atoms with E-state index in [1.165, 1.54) is 0 Å². The Hall–Kier alpha value is -1.24. The second-order valence-corrected chi connectivity index (χ2v) is 5.79. The van der Waals surface area contributed by atoms with Crippen molar-refractivity contribution in [3.63, 3.8) is 0 Å². The fourth-order valence-corrected chi connectivity index (χ4v) is 2.81. The zero-order chi connectivity index (χ0) is 14.9. The van der Waals surface area contributed by atoms with Crippen LogP contribution in [0.15, 0.2) is 22.7 Å². The van der Waals surface area contributed by atoms with Crippen molar-refractivity contribution < 1.29 is 13.2 Å². The van der Waals surface area contributed by atoms with E-state index in [1.54, 1.807) is 18.2 Å². The van der Waals surface area contributed by atoms with E-state index < -0.39 is 12.1 Å². The third-order valence-corrected chi connectivity index (χ3v) is 4.04. The van der Waals surface area contributed by atoms with Crippen molar-refractivity contribution in [2.75, 3.05) is 18.0 Å². The van der Waals surface area contributed by atoms with Crippen LogP contribution >= 0.6 is 15.9 Å². The number of hydrogen-bond donors (Lipinski definition) is 2. The van der Waals surface area contributed by atoms with Crippen molar-refractivity contribution in [2.24, 2.45) is 11.7 Å². The first-order valence-corrected chi connectivity index (χ1v) is 7.04. The molecule has 20 heavy (non-hydrogen) atoms. The number of amidine groups is 1. The molecule has 0 unspecified atom stereocenters. The average molecular weight is 350 g/mol. The molecule has 2 rings (SSSR count). The maximum atomic E-state index is 12.7. The van der Waals surface area contributed by atoms with E-state index in [1.807, 2.05) is 4.90 Å². The fraction of sp³-hybridized carbons (Fsp3) is 0.462. The number of rotatable bonds is 2. The highest BCUT2D eigenvalue weighted by molar-refractivity contribution is 9.10. The third-order valence-electron chi connectivity index (χ3n) is 3.55. The number of anilines is 1. The summed E-state index contributed by atoms with van der Waals surface area (Å²) in [4.78, 5) is 1.87. The lowest BCUT2D eigenvalue weighted by molar-refractivity contribution is -0.179. The van der Waals surface area contributed by atoms with E-state index in [9.17, 15) is 13.2 Å². The predicted octanol–water partition coefficient (Wildman–Crippen LogP) is 3.51. The number of hydrogen-bond acceptors (Lipinski definition) is 2. The van der Waals surface area contributed by atoms with E-state index in [2.05, 4.69) is 15.9 Å². The minimum absolute atomic E-state index is 0.0803. The van der Waals surface area contributed by atoms with Crippen molar-refractivity contribution in [3.05, 3.63) is 28.2 Å². The summed E-state index contributed by atoms with van der Waals surface area (Å²) >= 11 is 3.30. The van der Waals surface area contributed by atoms with Crippen LogP contribution in [0.25, 0.3) is 0 Å². The first-order chi connectivity index (χ1) is 9.29. The van der Waals surface area contributed by atoms with Gasteiger partial charge in [-0.05, 0) is 31.0 Å². The smallest absolute Gasteiger partial charge is 0.384 e. The molecular weight excluding hydrogens is 335 g/mol. The quantitative estimate of drug-likeness (QED) is 0.634. The fourth-order valence-electron chi connectivity index (χ4n) is 2.45. The van der Waals surface area contributed by atoms with Crippen LogP contribution < -0.4 is 10.6 Å². The molecule has 3 nitrogen and oxygen atoms in total. The Morgan fingerprint density at radius 1 is 1.30 bits per heavy atom. The van der Waals surface area contributed by atoms with Gasteiger partial charge in [-0.1, -0.05) is 15.9 Å². The predicted molar refractivity (Wildman–Crippen MR) is 76.2 cm³/mol. The first-order valence-electron chi connectivity index (χ1n) is 6.24. The molecule has 1 heterocycles. The van der Waals surface area contributed by atoms with Crippen LogP contribution in [0.1, 0.15) is 18.4 Å². The van der Waals surface area contributed by atoms with Gasteiger partial charge in [-0.2, -0.15) is 13.2 Å². The van der Waals surface area contributed by atoms with Crippen LogP contribution in [0.2, 0.25) is 0 Å². The van der Waals surface area contributed by atoms with Gasteiger partial charge in [-0.3, -0.25) is 5.41 Å². The maximum absolute atomic E-state index is 12.7.